The molecule has 14 heteroatoms. The molecular formula is C20H30N8O5S. The van der Waals surface area contributed by atoms with Crippen molar-refractivity contribution in [2.24, 2.45) is 5.73 Å². The molecule has 4 unspecified atom stereocenters. The summed E-state index contributed by atoms with van der Waals surface area (Å²) >= 11 is 1.55. The van der Waals surface area contributed by atoms with Gasteiger partial charge in [0.1, 0.15) is 18.1 Å². The lowest BCUT2D eigenvalue weighted by Gasteiger charge is -2.24. The van der Waals surface area contributed by atoms with E-state index in [0.29, 0.717) is 23.6 Å². The van der Waals surface area contributed by atoms with Crippen molar-refractivity contribution < 1.29 is 24.3 Å². The summed E-state index contributed by atoms with van der Waals surface area (Å²) in [5.41, 5.74) is 7.08. The molecule has 0 aliphatic rings. The number of hydrogen-bond acceptors (Lipinski definition) is 8. The van der Waals surface area contributed by atoms with Crippen LogP contribution in [-0.4, -0.2) is 84.9 Å². The standard InChI is InChI=1S/C20H30N8O5S/c1-11(20(32)33)26-18(30)15(5-12-7-22-9-24-12)28-19(31)16(6-13-8-23-10-25-13)27-17(29)14(21)3-4-34-2/h7-11,14-16H,3-6,21H2,1-2H3,(H,22,24)(H,23,25)(H,26,30)(H,27,29)(H,28,31)(H,32,33). The van der Waals surface area contributed by atoms with Gasteiger partial charge in [-0.2, -0.15) is 11.8 Å². The van der Waals surface area contributed by atoms with Gasteiger partial charge in [0.2, 0.25) is 17.7 Å². The summed E-state index contributed by atoms with van der Waals surface area (Å²) in [6.07, 6.45) is 8.31. The summed E-state index contributed by atoms with van der Waals surface area (Å²) in [5, 5.41) is 16.7. The van der Waals surface area contributed by atoms with Crippen molar-refractivity contribution in [2.45, 2.75) is 50.4 Å². The molecule has 0 saturated heterocycles. The Kier molecular flexibility index (Phi) is 10.5. The number of nitrogens with zero attached hydrogens (tertiary/aromatic N) is 2. The van der Waals surface area contributed by atoms with Crippen LogP contribution in [-0.2, 0) is 32.0 Å². The van der Waals surface area contributed by atoms with Crippen LogP contribution in [0.15, 0.2) is 25.0 Å². The van der Waals surface area contributed by atoms with E-state index < -0.39 is 47.9 Å². The van der Waals surface area contributed by atoms with Crippen LogP contribution in [0.5, 0.6) is 0 Å². The summed E-state index contributed by atoms with van der Waals surface area (Å²) < 4.78 is 0. The number of thioether (sulfide) groups is 1. The van der Waals surface area contributed by atoms with Crippen molar-refractivity contribution >= 4 is 35.5 Å². The molecular weight excluding hydrogens is 464 g/mol. The number of hydrogen-bond donors (Lipinski definition) is 7. The zero-order valence-electron chi connectivity index (χ0n) is 18.9. The largest absolute Gasteiger partial charge is 0.480 e. The van der Waals surface area contributed by atoms with Gasteiger partial charge in [-0.3, -0.25) is 19.2 Å². The predicted octanol–water partition coefficient (Wildman–Crippen LogP) is -1.44. The van der Waals surface area contributed by atoms with E-state index in [9.17, 15) is 19.2 Å². The molecule has 2 heterocycles. The fourth-order valence-electron chi connectivity index (χ4n) is 2.95. The number of aromatic amines is 2. The first-order valence-corrected chi connectivity index (χ1v) is 11.9. The topological polar surface area (TPSA) is 208 Å². The number of carboxylic acids is 1. The third-order valence-electron chi connectivity index (χ3n) is 4.92. The molecule has 0 bridgehead atoms. The fourth-order valence-corrected chi connectivity index (χ4v) is 3.44. The van der Waals surface area contributed by atoms with Gasteiger partial charge in [-0.15, -0.1) is 0 Å². The van der Waals surface area contributed by atoms with Crippen molar-refractivity contribution in [3.63, 3.8) is 0 Å². The third-order valence-corrected chi connectivity index (χ3v) is 5.57. The summed E-state index contributed by atoms with van der Waals surface area (Å²) in [6.45, 7) is 1.31. The van der Waals surface area contributed by atoms with E-state index in [1.807, 2.05) is 6.26 Å². The minimum atomic E-state index is -1.22. The highest BCUT2D eigenvalue weighted by molar-refractivity contribution is 7.98. The molecule has 0 saturated carbocycles. The van der Waals surface area contributed by atoms with E-state index in [2.05, 4.69) is 35.9 Å². The maximum atomic E-state index is 13.2. The SMILES string of the molecule is CSCCC(N)C(=O)NC(Cc1cnc[nH]1)C(=O)NC(Cc1cnc[nH]1)C(=O)NC(C)C(=O)O. The van der Waals surface area contributed by atoms with E-state index >= 15 is 0 Å². The lowest BCUT2D eigenvalue weighted by Crippen LogP contribution is -2.58. The van der Waals surface area contributed by atoms with Crippen LogP contribution in [0.4, 0.5) is 0 Å². The lowest BCUT2D eigenvalue weighted by atomic mass is 10.1. The molecule has 0 radical (unpaired) electrons. The second kappa shape index (κ2) is 13.3. The van der Waals surface area contributed by atoms with Gasteiger partial charge in [-0.05, 0) is 25.4 Å². The van der Waals surface area contributed by atoms with Gasteiger partial charge in [0.15, 0.2) is 0 Å². The van der Waals surface area contributed by atoms with Gasteiger partial charge >= 0.3 is 5.97 Å². The molecule has 0 fully saturated rings. The zero-order valence-corrected chi connectivity index (χ0v) is 19.7. The molecule has 186 valence electrons. The molecule has 0 aliphatic carbocycles. The number of aromatic nitrogens is 4. The summed E-state index contributed by atoms with van der Waals surface area (Å²) in [5.74, 6) is -2.37. The normalized spacial score (nSPS) is 14.4. The van der Waals surface area contributed by atoms with Crippen LogP contribution in [0, 0.1) is 0 Å². The van der Waals surface area contributed by atoms with Gasteiger partial charge in [0.05, 0.1) is 18.7 Å². The number of carbonyl (C=O) groups is 4. The van der Waals surface area contributed by atoms with E-state index in [4.69, 9.17) is 10.8 Å². The highest BCUT2D eigenvalue weighted by atomic mass is 32.2. The van der Waals surface area contributed by atoms with Gasteiger partial charge < -0.3 is 36.8 Å². The smallest absolute Gasteiger partial charge is 0.325 e. The fraction of sp³-hybridized carbons (Fsp3) is 0.500. The molecule has 13 nitrogen and oxygen atoms in total. The van der Waals surface area contributed by atoms with E-state index in [1.165, 1.54) is 32.0 Å². The molecule has 34 heavy (non-hydrogen) atoms. The molecule has 2 aromatic rings. The first-order valence-electron chi connectivity index (χ1n) is 10.5. The average Bonchev–Trinajstić information content (AvgIpc) is 3.50. The zero-order chi connectivity index (χ0) is 25.1. The number of carbonyl (C=O) groups excluding carboxylic acids is 3. The molecule has 2 aromatic heterocycles. The van der Waals surface area contributed by atoms with Crippen LogP contribution in [0.25, 0.3) is 0 Å². The van der Waals surface area contributed by atoms with Crippen molar-refractivity contribution in [3.8, 4) is 0 Å². The highest BCUT2D eigenvalue weighted by Crippen LogP contribution is 2.05. The minimum Gasteiger partial charge on any atom is -0.480 e. The maximum absolute atomic E-state index is 13.2. The first-order chi connectivity index (χ1) is 16.2. The Morgan fingerprint density at radius 2 is 1.47 bits per heavy atom. The Labute approximate surface area is 200 Å². The average molecular weight is 495 g/mol. The Hall–Kier alpha value is -3.39. The number of rotatable bonds is 14. The number of imidazole rings is 2. The second-order valence-electron chi connectivity index (χ2n) is 7.64. The van der Waals surface area contributed by atoms with E-state index in [0.717, 1.165) is 0 Å². The second-order valence-corrected chi connectivity index (χ2v) is 8.63. The van der Waals surface area contributed by atoms with Crippen molar-refractivity contribution in [3.05, 3.63) is 36.4 Å². The predicted molar refractivity (Wildman–Crippen MR) is 125 cm³/mol. The van der Waals surface area contributed by atoms with Crippen LogP contribution in [0.3, 0.4) is 0 Å². The van der Waals surface area contributed by atoms with Crippen molar-refractivity contribution in [1.29, 1.82) is 0 Å². The third kappa shape index (κ3) is 8.51. The van der Waals surface area contributed by atoms with Crippen LogP contribution < -0.4 is 21.7 Å². The lowest BCUT2D eigenvalue weighted by molar-refractivity contribution is -0.141. The van der Waals surface area contributed by atoms with Crippen molar-refractivity contribution in [1.82, 2.24) is 35.9 Å². The summed E-state index contributed by atoms with van der Waals surface area (Å²) in [6, 6.07) is -4.14. The van der Waals surface area contributed by atoms with Crippen LogP contribution in [0.1, 0.15) is 24.7 Å². The molecule has 4 atom stereocenters. The maximum Gasteiger partial charge on any atom is 0.325 e. The molecule has 2 rings (SSSR count). The van der Waals surface area contributed by atoms with E-state index in [-0.39, 0.29) is 12.8 Å². The quantitative estimate of drug-likeness (QED) is 0.164. The molecule has 8 N–H and O–H groups in total. The summed E-state index contributed by atoms with van der Waals surface area (Å²) in [4.78, 5) is 63.2. The number of aliphatic carboxylic acids is 1. The van der Waals surface area contributed by atoms with Crippen molar-refractivity contribution in [2.75, 3.05) is 12.0 Å². The van der Waals surface area contributed by atoms with Gasteiger partial charge in [0, 0.05) is 36.6 Å². The van der Waals surface area contributed by atoms with Gasteiger partial charge in [0.25, 0.3) is 0 Å². The highest BCUT2D eigenvalue weighted by Gasteiger charge is 2.30. The number of nitrogens with two attached hydrogens (primary N) is 1. The Morgan fingerprint density at radius 3 is 1.91 bits per heavy atom. The Bertz CT molecular complexity index is 937. The first kappa shape index (κ1) is 26.9. The Balaban J connectivity index is 2.18. The van der Waals surface area contributed by atoms with Crippen LogP contribution in [0.2, 0.25) is 0 Å². The number of amides is 3. The molecule has 0 spiro atoms. The minimum absolute atomic E-state index is 0.0296. The monoisotopic (exact) mass is 494 g/mol. The number of carboxylic acid groups (broad SMARTS) is 1. The van der Waals surface area contributed by atoms with Gasteiger partial charge in [-0.1, -0.05) is 0 Å². The summed E-state index contributed by atoms with van der Waals surface area (Å²) in [7, 11) is 0. The Morgan fingerprint density at radius 1 is 0.971 bits per heavy atom. The van der Waals surface area contributed by atoms with Gasteiger partial charge in [-0.25, -0.2) is 9.97 Å². The van der Waals surface area contributed by atoms with Crippen LogP contribution >= 0.6 is 11.8 Å². The number of nitrogens with one attached hydrogen (secondary N) is 5. The van der Waals surface area contributed by atoms with E-state index in [1.54, 1.807) is 11.8 Å². The number of H-pyrrole nitrogens is 2. The molecule has 3 amide bonds. The molecule has 0 aromatic carbocycles. The molecule has 0 aliphatic heterocycles.